The minimum absolute atomic E-state index is 0.0494. The zero-order valence-electron chi connectivity index (χ0n) is 5.97. The Labute approximate surface area is 65.5 Å². The highest BCUT2D eigenvalue weighted by Gasteiger charge is 2.31. The highest BCUT2D eigenvalue weighted by molar-refractivity contribution is 6.64. The van der Waals surface area contributed by atoms with E-state index in [1.165, 1.54) is 0 Å². The van der Waals surface area contributed by atoms with Gasteiger partial charge >= 0.3 is 0 Å². The van der Waals surface area contributed by atoms with E-state index >= 15 is 0 Å². The highest BCUT2D eigenvalue weighted by atomic mass is 35.5. The first-order chi connectivity index (χ1) is 4.75. The van der Waals surface area contributed by atoms with Gasteiger partial charge in [-0.05, 0) is 30.9 Å². The first-order valence-electron chi connectivity index (χ1n) is 3.48. The summed E-state index contributed by atoms with van der Waals surface area (Å²) in [6.45, 7) is 0. The molecule has 1 aliphatic carbocycles. The van der Waals surface area contributed by atoms with Crippen molar-refractivity contribution in [3.8, 4) is 0 Å². The van der Waals surface area contributed by atoms with Gasteiger partial charge in [0.2, 0.25) is 5.24 Å². The molecule has 0 amide bonds. The van der Waals surface area contributed by atoms with Crippen molar-refractivity contribution in [3.05, 3.63) is 0 Å². The van der Waals surface area contributed by atoms with Gasteiger partial charge in [0.15, 0.2) is 0 Å². The number of ether oxygens (including phenoxy) is 1. The van der Waals surface area contributed by atoms with Crippen molar-refractivity contribution < 1.29 is 9.53 Å². The zero-order chi connectivity index (χ0) is 7.56. The fourth-order valence-electron chi connectivity index (χ4n) is 1.47. The normalized spacial score (nSPS) is 32.6. The first kappa shape index (κ1) is 8.02. The van der Waals surface area contributed by atoms with Gasteiger partial charge in [0.05, 0.1) is 12.0 Å². The second-order valence-electron chi connectivity index (χ2n) is 2.62. The first-order valence-corrected chi connectivity index (χ1v) is 3.85. The van der Waals surface area contributed by atoms with E-state index in [1.54, 1.807) is 7.11 Å². The molecule has 0 aliphatic heterocycles. The molecule has 0 radical (unpaired) electrons. The summed E-state index contributed by atoms with van der Waals surface area (Å²) in [6.07, 6.45) is 2.99. The Morgan fingerprint density at radius 2 is 2.30 bits per heavy atom. The summed E-state index contributed by atoms with van der Waals surface area (Å²) < 4.78 is 5.08. The van der Waals surface area contributed by atoms with Crippen molar-refractivity contribution in [2.75, 3.05) is 7.11 Å². The Morgan fingerprint density at radius 3 is 2.70 bits per heavy atom. The van der Waals surface area contributed by atoms with Crippen LogP contribution in [0.5, 0.6) is 0 Å². The van der Waals surface area contributed by atoms with Crippen LogP contribution in [0.25, 0.3) is 0 Å². The van der Waals surface area contributed by atoms with Crippen LogP contribution in [0, 0.1) is 5.92 Å². The summed E-state index contributed by atoms with van der Waals surface area (Å²) in [5, 5.41) is -0.246. The molecule has 10 heavy (non-hydrogen) atoms. The van der Waals surface area contributed by atoms with E-state index < -0.39 is 0 Å². The maximum Gasteiger partial charge on any atom is 0.227 e. The molecule has 0 spiro atoms. The fourth-order valence-corrected chi connectivity index (χ4v) is 1.72. The molecule has 0 aromatic rings. The van der Waals surface area contributed by atoms with Crippen molar-refractivity contribution >= 4 is 16.8 Å². The third kappa shape index (κ3) is 1.50. The molecule has 0 saturated heterocycles. The summed E-state index contributed by atoms with van der Waals surface area (Å²) in [6, 6.07) is 0. The van der Waals surface area contributed by atoms with Crippen LogP contribution in [0.4, 0.5) is 0 Å². The lowest BCUT2D eigenvalue weighted by molar-refractivity contribution is -0.118. The van der Waals surface area contributed by atoms with Crippen LogP contribution in [-0.4, -0.2) is 18.5 Å². The Morgan fingerprint density at radius 1 is 1.60 bits per heavy atom. The third-order valence-electron chi connectivity index (χ3n) is 2.05. The average Bonchev–Trinajstić information content (AvgIpc) is 2.33. The van der Waals surface area contributed by atoms with E-state index in [4.69, 9.17) is 16.3 Å². The molecular weight excluding hydrogens is 152 g/mol. The van der Waals surface area contributed by atoms with Crippen molar-refractivity contribution in [3.63, 3.8) is 0 Å². The second kappa shape index (κ2) is 3.35. The van der Waals surface area contributed by atoms with Crippen LogP contribution in [0.1, 0.15) is 19.3 Å². The van der Waals surface area contributed by atoms with Gasteiger partial charge in [-0.1, -0.05) is 0 Å². The molecule has 0 bridgehead atoms. The van der Waals surface area contributed by atoms with Gasteiger partial charge in [-0.2, -0.15) is 0 Å². The van der Waals surface area contributed by atoms with E-state index in [0.29, 0.717) is 0 Å². The quantitative estimate of drug-likeness (QED) is 0.577. The summed E-state index contributed by atoms with van der Waals surface area (Å²) in [5.41, 5.74) is 0. The molecule has 3 heteroatoms. The lowest BCUT2D eigenvalue weighted by atomic mass is 10.1. The molecule has 2 nitrogen and oxygen atoms in total. The van der Waals surface area contributed by atoms with Crippen LogP contribution in [0.15, 0.2) is 0 Å². The predicted octanol–water partition coefficient (Wildman–Crippen LogP) is 1.57. The summed E-state index contributed by atoms with van der Waals surface area (Å²) >= 11 is 5.34. The Bertz CT molecular complexity index is 136. The number of carbonyl (C=O) groups is 1. The second-order valence-corrected chi connectivity index (χ2v) is 2.99. The summed E-state index contributed by atoms with van der Waals surface area (Å²) in [4.78, 5) is 10.7. The van der Waals surface area contributed by atoms with Gasteiger partial charge in [-0.3, -0.25) is 4.79 Å². The number of rotatable bonds is 2. The Hall–Kier alpha value is -0.0800. The van der Waals surface area contributed by atoms with E-state index in [2.05, 4.69) is 0 Å². The number of hydrogen-bond acceptors (Lipinski definition) is 2. The van der Waals surface area contributed by atoms with E-state index in [1.807, 2.05) is 0 Å². The average molecular weight is 163 g/mol. The number of carbonyl (C=O) groups excluding carboxylic acids is 1. The fraction of sp³-hybridized carbons (Fsp3) is 0.857. The predicted molar refractivity (Wildman–Crippen MR) is 39.0 cm³/mol. The van der Waals surface area contributed by atoms with Crippen LogP contribution in [0.2, 0.25) is 0 Å². The van der Waals surface area contributed by atoms with E-state index in [9.17, 15) is 4.79 Å². The van der Waals surface area contributed by atoms with Crippen molar-refractivity contribution in [1.29, 1.82) is 0 Å². The van der Waals surface area contributed by atoms with Crippen LogP contribution in [0.3, 0.4) is 0 Å². The van der Waals surface area contributed by atoms with Gasteiger partial charge in [-0.25, -0.2) is 0 Å². The van der Waals surface area contributed by atoms with Gasteiger partial charge in [0, 0.05) is 7.11 Å². The SMILES string of the molecule is CO[C@@H]1CCC[C@@H]1C(=O)Cl. The highest BCUT2D eigenvalue weighted by Crippen LogP contribution is 2.29. The molecule has 0 unspecified atom stereocenters. The summed E-state index contributed by atoms with van der Waals surface area (Å²) in [5.74, 6) is -0.0494. The maximum absolute atomic E-state index is 10.7. The topological polar surface area (TPSA) is 26.3 Å². The van der Waals surface area contributed by atoms with Crippen LogP contribution >= 0.6 is 11.6 Å². The van der Waals surface area contributed by atoms with Crippen molar-refractivity contribution in [2.45, 2.75) is 25.4 Å². The van der Waals surface area contributed by atoms with Gasteiger partial charge in [-0.15, -0.1) is 0 Å². The number of methoxy groups -OCH3 is 1. The molecule has 1 aliphatic rings. The molecule has 1 rings (SSSR count). The zero-order valence-corrected chi connectivity index (χ0v) is 6.73. The van der Waals surface area contributed by atoms with Gasteiger partial charge in [0.25, 0.3) is 0 Å². The molecule has 2 atom stereocenters. The molecule has 0 aromatic carbocycles. The molecule has 1 saturated carbocycles. The lowest BCUT2D eigenvalue weighted by Gasteiger charge is -2.12. The van der Waals surface area contributed by atoms with Crippen molar-refractivity contribution in [1.82, 2.24) is 0 Å². The maximum atomic E-state index is 10.7. The van der Waals surface area contributed by atoms with Gasteiger partial charge in [0.1, 0.15) is 0 Å². The monoisotopic (exact) mass is 162 g/mol. The molecule has 0 aromatic heterocycles. The lowest BCUT2D eigenvalue weighted by Crippen LogP contribution is -2.21. The standard InChI is InChI=1S/C7H11ClO2/c1-10-6-4-2-3-5(6)7(8)9/h5-6H,2-4H2,1H3/t5-,6+/m0/s1. The minimum atomic E-state index is -0.246. The smallest absolute Gasteiger partial charge is 0.227 e. The largest absolute Gasteiger partial charge is 0.381 e. The molecule has 0 N–H and O–H groups in total. The van der Waals surface area contributed by atoms with Crippen LogP contribution < -0.4 is 0 Å². The summed E-state index contributed by atoms with van der Waals surface area (Å²) in [7, 11) is 1.63. The van der Waals surface area contributed by atoms with E-state index in [0.717, 1.165) is 19.3 Å². The van der Waals surface area contributed by atoms with Crippen molar-refractivity contribution in [2.24, 2.45) is 5.92 Å². The minimum Gasteiger partial charge on any atom is -0.381 e. The molecule has 58 valence electrons. The number of halogens is 1. The van der Waals surface area contributed by atoms with E-state index in [-0.39, 0.29) is 17.3 Å². The third-order valence-corrected chi connectivity index (χ3v) is 2.33. The Kier molecular flexibility index (Phi) is 2.69. The Balaban J connectivity index is 2.50. The molecule has 1 fully saturated rings. The van der Waals surface area contributed by atoms with Gasteiger partial charge < -0.3 is 4.74 Å². The molecular formula is C7H11ClO2. The molecule has 0 heterocycles. The van der Waals surface area contributed by atoms with Crippen LogP contribution in [-0.2, 0) is 9.53 Å². The number of hydrogen-bond donors (Lipinski definition) is 0.